The minimum atomic E-state index is 0.0893. The van der Waals surface area contributed by atoms with Gasteiger partial charge >= 0.3 is 0 Å². The smallest absolute Gasteiger partial charge is 0.209 e. The largest absolute Gasteiger partial charge is 0.382 e. The van der Waals surface area contributed by atoms with Crippen LogP contribution in [-0.4, -0.2) is 56.4 Å². The zero-order chi connectivity index (χ0) is 12.7. The van der Waals surface area contributed by atoms with Gasteiger partial charge in [-0.1, -0.05) is 6.92 Å². The van der Waals surface area contributed by atoms with E-state index in [1.165, 1.54) is 0 Å². The van der Waals surface area contributed by atoms with Crippen molar-refractivity contribution < 1.29 is 9.47 Å². The summed E-state index contributed by atoms with van der Waals surface area (Å²) in [6.07, 6.45) is 1.01. The lowest BCUT2D eigenvalue weighted by Gasteiger charge is -2.37. The molecule has 1 saturated heterocycles. The quantitative estimate of drug-likeness (QED) is 0.314. The first-order valence-corrected chi connectivity index (χ1v) is 6.10. The highest BCUT2D eigenvalue weighted by atomic mass is 16.5. The van der Waals surface area contributed by atoms with E-state index in [1.807, 2.05) is 6.92 Å². The predicted molar refractivity (Wildman–Crippen MR) is 67.7 cm³/mol. The summed E-state index contributed by atoms with van der Waals surface area (Å²) < 4.78 is 10.5. The molecule has 17 heavy (non-hydrogen) atoms. The first-order valence-electron chi connectivity index (χ1n) is 6.10. The van der Waals surface area contributed by atoms with Crippen LogP contribution in [0.4, 0.5) is 0 Å². The normalized spacial score (nSPS) is 23.6. The first-order chi connectivity index (χ1) is 8.22. The van der Waals surface area contributed by atoms with E-state index in [0.717, 1.165) is 32.1 Å². The third-order valence-electron chi connectivity index (χ3n) is 2.85. The van der Waals surface area contributed by atoms with E-state index in [-0.39, 0.29) is 6.04 Å². The fourth-order valence-electron chi connectivity index (χ4n) is 1.95. The number of nitrogens with two attached hydrogens (primary N) is 1. The summed E-state index contributed by atoms with van der Waals surface area (Å²) in [6.45, 7) is 7.00. The van der Waals surface area contributed by atoms with Gasteiger partial charge in [0.25, 0.3) is 0 Å². The highest BCUT2D eigenvalue weighted by molar-refractivity contribution is 5.80. The number of ether oxygens (including phenoxy) is 2. The van der Waals surface area contributed by atoms with Crippen LogP contribution in [-0.2, 0) is 9.47 Å². The molecule has 100 valence electrons. The van der Waals surface area contributed by atoms with Gasteiger partial charge in [-0.2, -0.15) is 0 Å². The summed E-state index contributed by atoms with van der Waals surface area (Å²) in [6, 6.07) is 0.430. The lowest BCUT2D eigenvalue weighted by atomic mass is 10.2. The number of morpholine rings is 1. The minimum Gasteiger partial charge on any atom is -0.382 e. The molecule has 0 amide bonds. The summed E-state index contributed by atoms with van der Waals surface area (Å²) in [7, 11) is 1.67. The van der Waals surface area contributed by atoms with E-state index >= 15 is 0 Å². The van der Waals surface area contributed by atoms with Crippen molar-refractivity contribution in [3.8, 4) is 0 Å². The standard InChI is InChI=1S/C11H24N4O2/c1-4-10-8-17-6-5-15(10)11(14-12)13-9(2)7-16-3/h9-10H,4-8,12H2,1-3H3,(H,13,14). The van der Waals surface area contributed by atoms with Gasteiger partial charge < -0.3 is 14.4 Å². The van der Waals surface area contributed by atoms with Crippen molar-refractivity contribution in [1.82, 2.24) is 10.3 Å². The van der Waals surface area contributed by atoms with Crippen molar-refractivity contribution in [2.45, 2.75) is 32.4 Å². The fraction of sp³-hybridized carbons (Fsp3) is 0.909. The molecule has 0 aromatic heterocycles. The Morgan fingerprint density at radius 2 is 2.47 bits per heavy atom. The average molecular weight is 244 g/mol. The van der Waals surface area contributed by atoms with E-state index in [1.54, 1.807) is 7.11 Å². The Kier molecular flexibility index (Phi) is 6.25. The summed E-state index contributed by atoms with van der Waals surface area (Å²) in [4.78, 5) is 6.71. The van der Waals surface area contributed by atoms with Gasteiger partial charge in [0.15, 0.2) is 0 Å². The average Bonchev–Trinajstić information content (AvgIpc) is 2.36. The molecular formula is C11H24N4O2. The number of nitrogens with one attached hydrogen (secondary N) is 1. The second-order valence-corrected chi connectivity index (χ2v) is 4.23. The molecule has 1 aliphatic rings. The maximum Gasteiger partial charge on any atom is 0.209 e. The van der Waals surface area contributed by atoms with Crippen LogP contribution in [0.5, 0.6) is 0 Å². The van der Waals surface area contributed by atoms with Crippen molar-refractivity contribution in [3.05, 3.63) is 0 Å². The fourth-order valence-corrected chi connectivity index (χ4v) is 1.95. The number of guanidine groups is 1. The topological polar surface area (TPSA) is 72.1 Å². The Labute approximate surface area is 103 Å². The molecule has 2 atom stereocenters. The van der Waals surface area contributed by atoms with E-state index in [9.17, 15) is 0 Å². The zero-order valence-electron chi connectivity index (χ0n) is 11.0. The second-order valence-electron chi connectivity index (χ2n) is 4.23. The van der Waals surface area contributed by atoms with Crippen molar-refractivity contribution in [3.63, 3.8) is 0 Å². The Morgan fingerprint density at radius 3 is 3.06 bits per heavy atom. The number of methoxy groups -OCH3 is 1. The molecule has 2 unspecified atom stereocenters. The molecule has 0 radical (unpaired) electrons. The number of hydrogen-bond acceptors (Lipinski definition) is 4. The van der Waals surface area contributed by atoms with Crippen LogP contribution < -0.4 is 11.3 Å². The van der Waals surface area contributed by atoms with Gasteiger partial charge in [-0.3, -0.25) is 5.43 Å². The molecular weight excluding hydrogens is 220 g/mol. The highest BCUT2D eigenvalue weighted by Crippen LogP contribution is 2.10. The molecule has 1 rings (SSSR count). The molecule has 0 aliphatic carbocycles. The Bertz CT molecular complexity index is 248. The summed E-state index contributed by atoms with van der Waals surface area (Å²) in [5, 5.41) is 0. The zero-order valence-corrected chi connectivity index (χ0v) is 11.0. The van der Waals surface area contributed by atoms with Gasteiger partial charge in [0, 0.05) is 13.7 Å². The SMILES string of the molecule is CCC1COCCN1C(=NC(C)COC)NN. The number of rotatable bonds is 4. The van der Waals surface area contributed by atoms with Crippen LogP contribution in [0.1, 0.15) is 20.3 Å². The third kappa shape index (κ3) is 4.14. The van der Waals surface area contributed by atoms with Gasteiger partial charge in [-0.15, -0.1) is 0 Å². The van der Waals surface area contributed by atoms with Crippen LogP contribution in [0.2, 0.25) is 0 Å². The molecule has 0 aromatic carbocycles. The van der Waals surface area contributed by atoms with Crippen molar-refractivity contribution >= 4 is 5.96 Å². The first kappa shape index (κ1) is 14.2. The molecule has 0 spiro atoms. The second kappa shape index (κ2) is 7.47. The molecule has 1 heterocycles. The molecule has 6 nitrogen and oxygen atoms in total. The van der Waals surface area contributed by atoms with Crippen LogP contribution in [0.25, 0.3) is 0 Å². The number of hydrogen-bond donors (Lipinski definition) is 2. The van der Waals surface area contributed by atoms with Crippen LogP contribution in [0.3, 0.4) is 0 Å². The van der Waals surface area contributed by atoms with Crippen molar-refractivity contribution in [1.29, 1.82) is 0 Å². The Balaban J connectivity index is 2.69. The van der Waals surface area contributed by atoms with Gasteiger partial charge in [0.2, 0.25) is 5.96 Å². The van der Waals surface area contributed by atoms with Crippen molar-refractivity contribution in [2.75, 3.05) is 33.5 Å². The highest BCUT2D eigenvalue weighted by Gasteiger charge is 2.24. The van der Waals surface area contributed by atoms with Gasteiger partial charge in [0.05, 0.1) is 31.9 Å². The van der Waals surface area contributed by atoms with E-state index in [2.05, 4.69) is 22.2 Å². The monoisotopic (exact) mass is 244 g/mol. The lowest BCUT2D eigenvalue weighted by molar-refractivity contribution is 0.0232. The van der Waals surface area contributed by atoms with Crippen LogP contribution in [0.15, 0.2) is 4.99 Å². The Morgan fingerprint density at radius 1 is 1.71 bits per heavy atom. The van der Waals surface area contributed by atoms with Crippen LogP contribution >= 0.6 is 0 Å². The Hall–Kier alpha value is -0.850. The predicted octanol–water partition coefficient (Wildman–Crippen LogP) is -0.0486. The molecule has 0 aromatic rings. The van der Waals surface area contributed by atoms with E-state index < -0.39 is 0 Å². The van der Waals surface area contributed by atoms with E-state index in [0.29, 0.717) is 12.6 Å². The lowest BCUT2D eigenvalue weighted by Crippen LogP contribution is -2.55. The molecule has 1 fully saturated rings. The molecule has 6 heteroatoms. The van der Waals surface area contributed by atoms with Gasteiger partial charge in [-0.05, 0) is 13.3 Å². The molecule has 0 bridgehead atoms. The number of nitrogens with zero attached hydrogens (tertiary/aromatic N) is 2. The minimum absolute atomic E-state index is 0.0893. The number of aliphatic imine (C=N–C) groups is 1. The van der Waals surface area contributed by atoms with Crippen molar-refractivity contribution in [2.24, 2.45) is 10.8 Å². The molecule has 3 N–H and O–H groups in total. The summed E-state index contributed by atoms with van der Waals surface area (Å²) in [5.74, 6) is 6.29. The maximum atomic E-state index is 5.56. The third-order valence-corrected chi connectivity index (χ3v) is 2.85. The van der Waals surface area contributed by atoms with E-state index in [4.69, 9.17) is 15.3 Å². The van der Waals surface area contributed by atoms with Gasteiger partial charge in [-0.25, -0.2) is 10.8 Å². The summed E-state index contributed by atoms with van der Waals surface area (Å²) >= 11 is 0. The molecule has 0 saturated carbocycles. The maximum absolute atomic E-state index is 5.56. The number of hydrazine groups is 1. The summed E-state index contributed by atoms with van der Waals surface area (Å²) in [5.41, 5.74) is 2.69. The molecule has 1 aliphatic heterocycles. The van der Waals surface area contributed by atoms with Crippen LogP contribution in [0, 0.1) is 0 Å². The van der Waals surface area contributed by atoms with Gasteiger partial charge in [0.1, 0.15) is 0 Å².